The molecule has 3 nitrogen and oxygen atoms in total. The van der Waals surface area contributed by atoms with Gasteiger partial charge in [-0.1, -0.05) is 41.9 Å². The summed E-state index contributed by atoms with van der Waals surface area (Å²) in [6, 6.07) is 15.7. The van der Waals surface area contributed by atoms with Crippen molar-refractivity contribution in [3.8, 4) is 0 Å². The second-order valence-electron chi connectivity index (χ2n) is 4.57. The van der Waals surface area contributed by atoms with E-state index in [1.165, 1.54) is 5.69 Å². The first-order chi connectivity index (χ1) is 9.61. The first-order valence-electron chi connectivity index (χ1n) is 6.54. The Balaban J connectivity index is 2.22. The lowest BCUT2D eigenvalue weighted by Gasteiger charge is -2.23. The average molecular weight is 288 g/mol. The summed E-state index contributed by atoms with van der Waals surface area (Å²) in [6.45, 7) is 3.75. The Morgan fingerprint density at radius 3 is 2.45 bits per heavy atom. The molecule has 0 bridgehead atoms. The van der Waals surface area contributed by atoms with Crippen LogP contribution in [0.1, 0.15) is 18.1 Å². The van der Waals surface area contributed by atoms with Gasteiger partial charge in [-0.2, -0.15) is 0 Å². The zero-order valence-electron chi connectivity index (χ0n) is 11.4. The van der Waals surface area contributed by atoms with Gasteiger partial charge in [-0.3, -0.25) is 5.41 Å². The van der Waals surface area contributed by atoms with Gasteiger partial charge < -0.3 is 10.6 Å². The Morgan fingerprint density at radius 1 is 1.20 bits per heavy atom. The summed E-state index contributed by atoms with van der Waals surface area (Å²) in [6.07, 6.45) is 0. The number of para-hydroxylation sites is 1. The minimum Gasteiger partial charge on any atom is -0.384 e. The van der Waals surface area contributed by atoms with E-state index in [-0.39, 0.29) is 5.84 Å². The van der Waals surface area contributed by atoms with Gasteiger partial charge in [0, 0.05) is 29.4 Å². The Morgan fingerprint density at radius 2 is 1.90 bits per heavy atom. The van der Waals surface area contributed by atoms with Crippen molar-refractivity contribution in [3.05, 3.63) is 64.7 Å². The number of nitrogen functional groups attached to an aromatic ring is 1. The average Bonchev–Trinajstić information content (AvgIpc) is 2.46. The maximum Gasteiger partial charge on any atom is 0.122 e. The Labute approximate surface area is 124 Å². The fraction of sp³-hybridized carbons (Fsp3) is 0.188. The van der Waals surface area contributed by atoms with Crippen LogP contribution in [0.25, 0.3) is 0 Å². The van der Waals surface area contributed by atoms with Crippen molar-refractivity contribution in [1.82, 2.24) is 0 Å². The number of rotatable bonds is 5. The molecule has 0 spiro atoms. The van der Waals surface area contributed by atoms with Gasteiger partial charge in [0.05, 0.1) is 0 Å². The second-order valence-corrected chi connectivity index (χ2v) is 4.98. The number of halogens is 1. The number of hydrogen-bond acceptors (Lipinski definition) is 2. The number of anilines is 1. The smallest absolute Gasteiger partial charge is 0.122 e. The number of nitrogens with one attached hydrogen (secondary N) is 1. The number of amidine groups is 1. The summed E-state index contributed by atoms with van der Waals surface area (Å²) < 4.78 is 0. The predicted octanol–water partition coefficient (Wildman–Crippen LogP) is 3.65. The van der Waals surface area contributed by atoms with E-state index in [1.807, 2.05) is 30.3 Å². The molecule has 0 aromatic heterocycles. The van der Waals surface area contributed by atoms with Crippen LogP contribution in [-0.4, -0.2) is 12.4 Å². The molecule has 2 aromatic carbocycles. The topological polar surface area (TPSA) is 53.1 Å². The highest BCUT2D eigenvalue weighted by Crippen LogP contribution is 2.22. The quantitative estimate of drug-likeness (QED) is 0.651. The highest BCUT2D eigenvalue weighted by Gasteiger charge is 2.09. The van der Waals surface area contributed by atoms with E-state index in [0.29, 0.717) is 10.6 Å². The van der Waals surface area contributed by atoms with E-state index in [9.17, 15) is 0 Å². The number of nitrogens with two attached hydrogens (primary N) is 1. The first-order valence-corrected chi connectivity index (χ1v) is 6.92. The van der Waals surface area contributed by atoms with Crippen LogP contribution in [0.2, 0.25) is 5.02 Å². The molecule has 3 N–H and O–H groups in total. The lowest BCUT2D eigenvalue weighted by Crippen LogP contribution is -2.22. The van der Waals surface area contributed by atoms with Crippen molar-refractivity contribution in [1.29, 1.82) is 5.41 Å². The van der Waals surface area contributed by atoms with E-state index in [1.54, 1.807) is 6.07 Å². The van der Waals surface area contributed by atoms with E-state index in [4.69, 9.17) is 22.7 Å². The van der Waals surface area contributed by atoms with E-state index in [2.05, 4.69) is 24.0 Å². The number of benzene rings is 2. The zero-order chi connectivity index (χ0) is 14.5. The molecule has 0 aliphatic rings. The molecule has 0 saturated carbocycles. The Hall–Kier alpha value is -2.00. The molecule has 4 heteroatoms. The van der Waals surface area contributed by atoms with Crippen LogP contribution in [0.5, 0.6) is 0 Å². The van der Waals surface area contributed by atoms with Crippen molar-refractivity contribution in [2.24, 2.45) is 5.73 Å². The van der Waals surface area contributed by atoms with Gasteiger partial charge in [-0.05, 0) is 30.7 Å². The minimum atomic E-state index is 0.0360. The Bertz CT molecular complexity index is 596. The van der Waals surface area contributed by atoms with Gasteiger partial charge in [0.25, 0.3) is 0 Å². The van der Waals surface area contributed by atoms with Crippen LogP contribution in [0.3, 0.4) is 0 Å². The predicted molar refractivity (Wildman–Crippen MR) is 85.6 cm³/mol. The summed E-state index contributed by atoms with van der Waals surface area (Å²) >= 11 is 6.28. The van der Waals surface area contributed by atoms with Gasteiger partial charge in [-0.25, -0.2) is 0 Å². The molecule has 2 rings (SSSR count). The summed E-state index contributed by atoms with van der Waals surface area (Å²) in [5, 5.41) is 8.07. The van der Waals surface area contributed by atoms with Gasteiger partial charge in [0.2, 0.25) is 0 Å². The fourth-order valence-electron chi connectivity index (χ4n) is 2.07. The lowest BCUT2D eigenvalue weighted by atomic mass is 10.1. The highest BCUT2D eigenvalue weighted by molar-refractivity contribution is 6.31. The van der Waals surface area contributed by atoms with Gasteiger partial charge in [-0.15, -0.1) is 0 Å². The normalized spacial score (nSPS) is 10.3. The molecule has 0 amide bonds. The molecule has 104 valence electrons. The molecule has 0 unspecified atom stereocenters. The maximum absolute atomic E-state index is 7.42. The molecule has 0 aliphatic heterocycles. The highest BCUT2D eigenvalue weighted by atomic mass is 35.5. The van der Waals surface area contributed by atoms with Gasteiger partial charge in [0.15, 0.2) is 0 Å². The molecule has 0 saturated heterocycles. The third-order valence-electron chi connectivity index (χ3n) is 3.23. The van der Waals surface area contributed by atoms with Crippen molar-refractivity contribution in [3.63, 3.8) is 0 Å². The summed E-state index contributed by atoms with van der Waals surface area (Å²) in [5.41, 5.74) is 8.32. The lowest BCUT2D eigenvalue weighted by molar-refractivity contribution is 0.832. The monoisotopic (exact) mass is 287 g/mol. The molecule has 0 radical (unpaired) electrons. The maximum atomic E-state index is 7.42. The van der Waals surface area contributed by atoms with Crippen molar-refractivity contribution >= 4 is 23.1 Å². The van der Waals surface area contributed by atoms with Crippen LogP contribution in [0.15, 0.2) is 48.5 Å². The molecule has 0 atom stereocenters. The number of hydrogen-bond donors (Lipinski definition) is 2. The van der Waals surface area contributed by atoms with E-state index in [0.717, 1.165) is 18.7 Å². The minimum absolute atomic E-state index is 0.0360. The molecular weight excluding hydrogens is 270 g/mol. The van der Waals surface area contributed by atoms with Crippen molar-refractivity contribution < 1.29 is 0 Å². The van der Waals surface area contributed by atoms with E-state index < -0.39 is 0 Å². The van der Waals surface area contributed by atoms with Crippen LogP contribution in [0, 0.1) is 5.41 Å². The van der Waals surface area contributed by atoms with Crippen LogP contribution in [-0.2, 0) is 6.54 Å². The largest absolute Gasteiger partial charge is 0.384 e. The van der Waals surface area contributed by atoms with Gasteiger partial charge >= 0.3 is 0 Å². The first kappa shape index (κ1) is 14.4. The summed E-state index contributed by atoms with van der Waals surface area (Å²) in [4.78, 5) is 2.24. The molecule has 0 aliphatic carbocycles. The number of nitrogens with zero attached hydrogens (tertiary/aromatic N) is 1. The summed E-state index contributed by atoms with van der Waals surface area (Å²) in [5.74, 6) is 0.0360. The molecular formula is C16H18ClN3. The van der Waals surface area contributed by atoms with Gasteiger partial charge in [0.1, 0.15) is 5.84 Å². The standard InChI is InChI=1S/C16H18ClN3/c1-2-20(14-6-4-3-5-7-14)11-13-9-8-12(16(18)19)10-15(13)17/h3-10H,2,11H2,1H3,(H3,18,19). The fourth-order valence-corrected chi connectivity index (χ4v) is 2.31. The molecule has 2 aromatic rings. The van der Waals surface area contributed by atoms with Crippen molar-refractivity contribution in [2.75, 3.05) is 11.4 Å². The Kier molecular flexibility index (Phi) is 4.64. The molecule has 20 heavy (non-hydrogen) atoms. The van der Waals surface area contributed by atoms with E-state index >= 15 is 0 Å². The third-order valence-corrected chi connectivity index (χ3v) is 3.58. The molecule has 0 fully saturated rings. The second kappa shape index (κ2) is 6.44. The zero-order valence-corrected chi connectivity index (χ0v) is 12.2. The third kappa shape index (κ3) is 3.31. The van der Waals surface area contributed by atoms with Crippen molar-refractivity contribution in [2.45, 2.75) is 13.5 Å². The van der Waals surface area contributed by atoms with Crippen LogP contribution >= 0.6 is 11.6 Å². The SMILES string of the molecule is CCN(Cc1ccc(C(=N)N)cc1Cl)c1ccccc1. The summed E-state index contributed by atoms with van der Waals surface area (Å²) in [7, 11) is 0. The van der Waals surface area contributed by atoms with Crippen LogP contribution < -0.4 is 10.6 Å². The molecule has 0 heterocycles. The van der Waals surface area contributed by atoms with Crippen LogP contribution in [0.4, 0.5) is 5.69 Å².